The van der Waals surface area contributed by atoms with Gasteiger partial charge < -0.3 is 10.5 Å². The highest BCUT2D eigenvalue weighted by atomic mass is 32.2. The van der Waals surface area contributed by atoms with Crippen molar-refractivity contribution in [3.63, 3.8) is 0 Å². The highest BCUT2D eigenvalue weighted by Crippen LogP contribution is 2.23. The highest BCUT2D eigenvalue weighted by Gasteiger charge is 2.20. The topological polar surface area (TPSA) is 47.6 Å². The fraction of sp³-hybridized carbons (Fsp3) is 0.889. The van der Waals surface area contributed by atoms with Crippen molar-refractivity contribution in [2.24, 2.45) is 10.7 Å². The van der Waals surface area contributed by atoms with E-state index in [2.05, 4.69) is 11.9 Å². The molecule has 0 aromatic heterocycles. The van der Waals surface area contributed by atoms with Crippen LogP contribution in [0.5, 0.6) is 0 Å². The van der Waals surface area contributed by atoms with Crippen molar-refractivity contribution in [3.8, 4) is 0 Å². The Bertz CT molecular complexity index is 194. The Morgan fingerprint density at radius 2 is 2.38 bits per heavy atom. The summed E-state index contributed by atoms with van der Waals surface area (Å²) in [6.45, 7) is 6.97. The molecule has 2 atom stereocenters. The molecule has 13 heavy (non-hydrogen) atoms. The number of thioether (sulfide) groups is 1. The molecule has 0 saturated carbocycles. The summed E-state index contributed by atoms with van der Waals surface area (Å²) in [7, 11) is 0. The molecule has 0 unspecified atom stereocenters. The van der Waals surface area contributed by atoms with Crippen LogP contribution in [0.3, 0.4) is 0 Å². The van der Waals surface area contributed by atoms with E-state index in [4.69, 9.17) is 10.5 Å². The fourth-order valence-corrected chi connectivity index (χ4v) is 2.41. The van der Waals surface area contributed by atoms with Gasteiger partial charge in [-0.1, -0.05) is 11.8 Å². The van der Waals surface area contributed by atoms with E-state index in [9.17, 15) is 0 Å². The predicted octanol–water partition coefficient (Wildman–Crippen LogP) is 1.62. The van der Waals surface area contributed by atoms with Crippen LogP contribution >= 0.6 is 11.8 Å². The molecule has 76 valence electrons. The lowest BCUT2D eigenvalue weighted by atomic mass is 10.2. The predicted molar refractivity (Wildman–Crippen MR) is 58.2 cm³/mol. The fourth-order valence-electron chi connectivity index (χ4n) is 1.30. The molecule has 1 aliphatic heterocycles. The smallest absolute Gasteiger partial charge is 0.154 e. The van der Waals surface area contributed by atoms with E-state index >= 15 is 0 Å². The maximum Gasteiger partial charge on any atom is 0.154 e. The molecule has 1 heterocycles. The summed E-state index contributed by atoms with van der Waals surface area (Å²) in [5.74, 6) is 0. The minimum atomic E-state index is 0.302. The number of rotatable bonds is 3. The van der Waals surface area contributed by atoms with Gasteiger partial charge in [0, 0.05) is 5.25 Å². The first-order chi connectivity index (χ1) is 6.08. The van der Waals surface area contributed by atoms with Gasteiger partial charge in [0.15, 0.2) is 5.17 Å². The molecule has 0 spiro atoms. The number of hydrogen-bond donors (Lipinski definition) is 1. The number of nitrogens with two attached hydrogens (primary N) is 1. The molecule has 0 fully saturated rings. The van der Waals surface area contributed by atoms with Crippen LogP contribution in [0, 0.1) is 0 Å². The Kier molecular flexibility index (Phi) is 4.06. The second-order valence-electron chi connectivity index (χ2n) is 3.67. The van der Waals surface area contributed by atoms with Crippen LogP contribution < -0.4 is 5.73 Å². The zero-order valence-electron chi connectivity index (χ0n) is 8.49. The Morgan fingerprint density at radius 3 is 2.92 bits per heavy atom. The van der Waals surface area contributed by atoms with Gasteiger partial charge in [0.2, 0.25) is 0 Å². The van der Waals surface area contributed by atoms with Crippen molar-refractivity contribution in [1.82, 2.24) is 0 Å². The van der Waals surface area contributed by atoms with E-state index < -0.39 is 0 Å². The zero-order chi connectivity index (χ0) is 9.84. The van der Waals surface area contributed by atoms with Crippen molar-refractivity contribution in [2.45, 2.75) is 44.6 Å². The third-order valence-corrected chi connectivity index (χ3v) is 2.86. The van der Waals surface area contributed by atoms with Crippen molar-refractivity contribution < 1.29 is 4.74 Å². The number of hydrogen-bond acceptors (Lipinski definition) is 4. The largest absolute Gasteiger partial charge is 0.379 e. The molecule has 0 radical (unpaired) electrons. The third kappa shape index (κ3) is 4.00. The second kappa shape index (κ2) is 4.86. The number of ether oxygens (including phenoxy) is 1. The summed E-state index contributed by atoms with van der Waals surface area (Å²) in [5.41, 5.74) is 5.68. The van der Waals surface area contributed by atoms with Crippen LogP contribution in [-0.2, 0) is 4.74 Å². The number of aliphatic imine (C=N–C) groups is 1. The van der Waals surface area contributed by atoms with Gasteiger partial charge in [-0.15, -0.1) is 0 Å². The molecule has 0 aromatic rings. The molecule has 4 heteroatoms. The van der Waals surface area contributed by atoms with Crippen LogP contribution in [-0.4, -0.2) is 29.2 Å². The molecule has 0 amide bonds. The van der Waals surface area contributed by atoms with Gasteiger partial charge >= 0.3 is 0 Å². The first-order valence-electron chi connectivity index (χ1n) is 4.69. The van der Waals surface area contributed by atoms with Gasteiger partial charge in [-0.05, 0) is 27.2 Å². The van der Waals surface area contributed by atoms with Gasteiger partial charge in [0.05, 0.1) is 18.8 Å². The van der Waals surface area contributed by atoms with E-state index in [-0.39, 0.29) is 0 Å². The first-order valence-corrected chi connectivity index (χ1v) is 5.57. The lowest BCUT2D eigenvalue weighted by molar-refractivity contribution is 0.0782. The molecular weight excluding hydrogens is 184 g/mol. The summed E-state index contributed by atoms with van der Waals surface area (Å²) in [5, 5.41) is 1.19. The molecule has 0 saturated heterocycles. The zero-order valence-corrected chi connectivity index (χ0v) is 9.30. The minimum absolute atomic E-state index is 0.302. The van der Waals surface area contributed by atoms with Crippen LogP contribution in [0.25, 0.3) is 0 Å². The van der Waals surface area contributed by atoms with E-state index in [1.807, 2.05) is 13.8 Å². The summed E-state index contributed by atoms with van der Waals surface area (Å²) >= 11 is 1.63. The van der Waals surface area contributed by atoms with Gasteiger partial charge in [0.25, 0.3) is 0 Å². The second-order valence-corrected chi connectivity index (χ2v) is 4.99. The van der Waals surface area contributed by atoms with Gasteiger partial charge in [-0.3, -0.25) is 4.99 Å². The number of amidine groups is 1. The Balaban J connectivity index is 2.33. The summed E-state index contributed by atoms with van der Waals surface area (Å²) < 4.78 is 5.55. The third-order valence-electron chi connectivity index (χ3n) is 1.85. The van der Waals surface area contributed by atoms with Crippen LogP contribution in [0.4, 0.5) is 0 Å². The molecule has 0 aliphatic carbocycles. The maximum absolute atomic E-state index is 5.68. The lowest BCUT2D eigenvalue weighted by Crippen LogP contribution is -2.28. The molecule has 0 aromatic carbocycles. The van der Waals surface area contributed by atoms with Gasteiger partial charge in [0.1, 0.15) is 0 Å². The van der Waals surface area contributed by atoms with Crippen LogP contribution in [0.2, 0.25) is 0 Å². The van der Waals surface area contributed by atoms with Gasteiger partial charge in [-0.25, -0.2) is 0 Å². The quantitative estimate of drug-likeness (QED) is 0.756. The SMILES string of the molecule is CC(C)OC[C@@H]1C[C@H](C)N=C(N)S1. The number of nitrogens with zero attached hydrogens (tertiary/aromatic N) is 1. The Labute approximate surface area is 84.1 Å². The molecule has 0 bridgehead atoms. The van der Waals surface area contributed by atoms with Crippen molar-refractivity contribution in [3.05, 3.63) is 0 Å². The van der Waals surface area contributed by atoms with Crippen LogP contribution in [0.1, 0.15) is 27.2 Å². The normalized spacial score (nSPS) is 29.1. The van der Waals surface area contributed by atoms with E-state index in [1.165, 1.54) is 0 Å². The molecular formula is C9H18N2OS. The Hall–Kier alpha value is -0.220. The Morgan fingerprint density at radius 1 is 1.69 bits per heavy atom. The van der Waals surface area contributed by atoms with E-state index in [1.54, 1.807) is 11.8 Å². The highest BCUT2D eigenvalue weighted by molar-refractivity contribution is 8.14. The van der Waals surface area contributed by atoms with E-state index in [0.717, 1.165) is 13.0 Å². The summed E-state index contributed by atoms with van der Waals surface area (Å²) in [4.78, 5) is 4.26. The molecule has 1 aliphatic rings. The average molecular weight is 202 g/mol. The summed E-state index contributed by atoms with van der Waals surface area (Å²) in [6.07, 6.45) is 1.37. The van der Waals surface area contributed by atoms with Crippen molar-refractivity contribution >= 4 is 16.9 Å². The first kappa shape index (κ1) is 10.9. The van der Waals surface area contributed by atoms with Crippen molar-refractivity contribution in [2.75, 3.05) is 6.61 Å². The van der Waals surface area contributed by atoms with Crippen LogP contribution in [0.15, 0.2) is 4.99 Å². The maximum atomic E-state index is 5.68. The summed E-state index contributed by atoms with van der Waals surface area (Å²) in [6, 6.07) is 0.349. The van der Waals surface area contributed by atoms with E-state index in [0.29, 0.717) is 22.6 Å². The molecule has 3 nitrogen and oxygen atoms in total. The van der Waals surface area contributed by atoms with Crippen molar-refractivity contribution in [1.29, 1.82) is 0 Å². The standard InChI is InChI=1S/C9H18N2OS/c1-6(2)12-5-8-4-7(3)11-9(10)13-8/h6-8H,4-5H2,1-3H3,(H2,10,11)/t7-,8-/m0/s1. The average Bonchev–Trinajstić information content (AvgIpc) is 1.99. The van der Waals surface area contributed by atoms with Gasteiger partial charge in [-0.2, -0.15) is 0 Å². The molecule has 1 rings (SSSR count). The minimum Gasteiger partial charge on any atom is -0.379 e. The monoisotopic (exact) mass is 202 g/mol. The lowest BCUT2D eigenvalue weighted by Gasteiger charge is -2.24. The molecule has 2 N–H and O–H groups in total.